The Morgan fingerprint density at radius 2 is 1.94 bits per heavy atom. The van der Waals surface area contributed by atoms with Gasteiger partial charge in [-0.05, 0) is 19.8 Å². The first-order valence-corrected chi connectivity index (χ1v) is 6.11. The van der Waals surface area contributed by atoms with E-state index < -0.39 is 11.4 Å². The number of rotatable bonds is 7. The van der Waals surface area contributed by atoms with Gasteiger partial charge in [-0.2, -0.15) is 0 Å². The van der Waals surface area contributed by atoms with E-state index in [1.54, 1.807) is 11.5 Å². The molecule has 0 spiro atoms. The van der Waals surface area contributed by atoms with Crippen LogP contribution in [0.2, 0.25) is 0 Å². The lowest BCUT2D eigenvalue weighted by Crippen LogP contribution is -2.19. The molecule has 0 aliphatic carbocycles. The van der Waals surface area contributed by atoms with Crippen LogP contribution in [0, 0.1) is 6.92 Å². The van der Waals surface area contributed by atoms with Crippen LogP contribution >= 0.6 is 0 Å². The molecule has 0 bridgehead atoms. The maximum absolute atomic E-state index is 11.4. The highest BCUT2D eigenvalue weighted by atomic mass is 16.4. The molecule has 0 saturated carbocycles. The number of aryl methyl sites for hydroxylation is 2. The number of nitrogens with zero attached hydrogens (tertiary/aromatic N) is 1. The van der Waals surface area contributed by atoms with E-state index in [1.807, 2.05) is 0 Å². The number of hydrogen-bond donors (Lipinski definition) is 2. The predicted octanol–water partition coefficient (Wildman–Crippen LogP) is 1.41. The lowest BCUT2D eigenvalue weighted by atomic mass is 10.2. The van der Waals surface area contributed by atoms with Crippen molar-refractivity contribution in [2.45, 2.75) is 39.2 Å². The topological polar surface area (TPSA) is 79.5 Å². The van der Waals surface area contributed by atoms with Crippen LogP contribution < -0.4 is 5.43 Å². The minimum atomic E-state index is -1.19. The normalized spacial score (nSPS) is 10.6. The highest BCUT2D eigenvalue weighted by Crippen LogP contribution is 2.05. The lowest BCUT2D eigenvalue weighted by molar-refractivity contribution is 0.0694. The zero-order valence-electron chi connectivity index (χ0n) is 10.6. The van der Waals surface area contributed by atoms with Crippen LogP contribution in [0.5, 0.6) is 0 Å². The molecule has 0 aromatic carbocycles. The van der Waals surface area contributed by atoms with Crippen LogP contribution in [-0.2, 0) is 6.54 Å². The van der Waals surface area contributed by atoms with E-state index in [0.717, 1.165) is 31.4 Å². The third-order valence-electron chi connectivity index (χ3n) is 2.88. The van der Waals surface area contributed by atoms with Gasteiger partial charge in [0.2, 0.25) is 0 Å². The second kappa shape index (κ2) is 6.96. The summed E-state index contributed by atoms with van der Waals surface area (Å²) in [6.45, 7) is 2.69. The quantitative estimate of drug-likeness (QED) is 0.720. The van der Waals surface area contributed by atoms with Gasteiger partial charge < -0.3 is 14.8 Å². The van der Waals surface area contributed by atoms with Gasteiger partial charge >= 0.3 is 5.97 Å². The number of aliphatic hydroxyl groups excluding tert-OH is 1. The molecule has 0 aliphatic rings. The number of aromatic carboxylic acids is 1. The van der Waals surface area contributed by atoms with Crippen LogP contribution in [0.3, 0.4) is 0 Å². The monoisotopic (exact) mass is 253 g/mol. The standard InChI is InChI=1S/C13H19NO4/c1-10-8-12(16)11(13(17)18)9-14(10)6-4-2-3-5-7-15/h8-9,15H,2-7H2,1H3,(H,17,18). The molecule has 100 valence electrons. The average Bonchev–Trinajstić information content (AvgIpc) is 2.30. The summed E-state index contributed by atoms with van der Waals surface area (Å²) in [6, 6.07) is 1.36. The molecule has 0 atom stereocenters. The van der Waals surface area contributed by atoms with Crippen molar-refractivity contribution in [1.29, 1.82) is 0 Å². The Kier molecular flexibility index (Phi) is 5.58. The van der Waals surface area contributed by atoms with Crippen molar-refractivity contribution in [3.8, 4) is 0 Å². The molecule has 5 heteroatoms. The first-order valence-electron chi connectivity index (χ1n) is 6.11. The van der Waals surface area contributed by atoms with E-state index in [-0.39, 0.29) is 12.2 Å². The Balaban J connectivity index is 2.68. The Bertz CT molecular complexity index is 465. The molecular formula is C13H19NO4. The summed E-state index contributed by atoms with van der Waals surface area (Å²) in [7, 11) is 0. The summed E-state index contributed by atoms with van der Waals surface area (Å²) >= 11 is 0. The van der Waals surface area contributed by atoms with E-state index >= 15 is 0 Å². The van der Waals surface area contributed by atoms with Gasteiger partial charge in [-0.3, -0.25) is 4.79 Å². The van der Waals surface area contributed by atoms with Gasteiger partial charge in [-0.15, -0.1) is 0 Å². The molecule has 1 rings (SSSR count). The number of carboxylic acids is 1. The van der Waals surface area contributed by atoms with Crippen molar-refractivity contribution >= 4 is 5.97 Å². The Morgan fingerprint density at radius 1 is 1.28 bits per heavy atom. The van der Waals surface area contributed by atoms with Crippen molar-refractivity contribution in [2.75, 3.05) is 6.61 Å². The van der Waals surface area contributed by atoms with Gasteiger partial charge in [0.15, 0.2) is 5.43 Å². The molecule has 18 heavy (non-hydrogen) atoms. The van der Waals surface area contributed by atoms with Crippen LogP contribution in [-0.4, -0.2) is 27.4 Å². The van der Waals surface area contributed by atoms with E-state index in [4.69, 9.17) is 10.2 Å². The largest absolute Gasteiger partial charge is 0.477 e. The number of hydrogen-bond acceptors (Lipinski definition) is 3. The fourth-order valence-electron chi connectivity index (χ4n) is 1.82. The molecule has 0 fully saturated rings. The minimum absolute atomic E-state index is 0.184. The van der Waals surface area contributed by atoms with Gasteiger partial charge in [0.25, 0.3) is 0 Å². The fraction of sp³-hybridized carbons (Fsp3) is 0.538. The van der Waals surface area contributed by atoms with E-state index in [2.05, 4.69) is 0 Å². The Morgan fingerprint density at radius 3 is 2.56 bits per heavy atom. The number of carboxylic acid groups (broad SMARTS) is 1. The molecule has 0 radical (unpaired) electrons. The second-order valence-corrected chi connectivity index (χ2v) is 4.33. The van der Waals surface area contributed by atoms with Crippen LogP contribution in [0.25, 0.3) is 0 Å². The summed E-state index contributed by atoms with van der Waals surface area (Å²) in [5.41, 5.74) is 0.139. The van der Waals surface area contributed by atoms with Gasteiger partial charge in [0, 0.05) is 31.1 Å². The molecule has 0 saturated heterocycles. The molecular weight excluding hydrogens is 234 g/mol. The number of unbranched alkanes of at least 4 members (excludes halogenated alkanes) is 3. The molecule has 0 amide bonds. The fourth-order valence-corrected chi connectivity index (χ4v) is 1.82. The Labute approximate surface area is 106 Å². The highest BCUT2D eigenvalue weighted by Gasteiger charge is 2.10. The molecule has 0 unspecified atom stereocenters. The number of aliphatic hydroxyl groups is 1. The summed E-state index contributed by atoms with van der Waals surface area (Å²) in [5.74, 6) is -1.19. The summed E-state index contributed by atoms with van der Waals surface area (Å²) < 4.78 is 1.80. The van der Waals surface area contributed by atoms with E-state index in [1.165, 1.54) is 12.3 Å². The number of aromatic nitrogens is 1. The van der Waals surface area contributed by atoms with Crippen molar-refractivity contribution in [2.24, 2.45) is 0 Å². The third-order valence-corrected chi connectivity index (χ3v) is 2.88. The summed E-state index contributed by atoms with van der Waals surface area (Å²) in [5, 5.41) is 17.5. The lowest BCUT2D eigenvalue weighted by Gasteiger charge is -2.11. The zero-order chi connectivity index (χ0) is 13.5. The van der Waals surface area contributed by atoms with Gasteiger partial charge in [-0.25, -0.2) is 4.79 Å². The molecule has 1 heterocycles. The molecule has 1 aromatic rings. The maximum atomic E-state index is 11.4. The molecule has 0 aliphatic heterocycles. The predicted molar refractivity (Wildman–Crippen MR) is 68.0 cm³/mol. The highest BCUT2D eigenvalue weighted by molar-refractivity contribution is 5.87. The van der Waals surface area contributed by atoms with Crippen molar-refractivity contribution in [3.63, 3.8) is 0 Å². The maximum Gasteiger partial charge on any atom is 0.341 e. The van der Waals surface area contributed by atoms with Gasteiger partial charge in [0.1, 0.15) is 5.56 Å². The van der Waals surface area contributed by atoms with Crippen LogP contribution in [0.4, 0.5) is 0 Å². The minimum Gasteiger partial charge on any atom is -0.477 e. The number of pyridine rings is 1. The van der Waals surface area contributed by atoms with Gasteiger partial charge in [-0.1, -0.05) is 12.8 Å². The molecule has 1 aromatic heterocycles. The summed E-state index contributed by atoms with van der Waals surface area (Å²) in [4.78, 5) is 22.3. The first-order chi connectivity index (χ1) is 8.56. The third kappa shape index (κ3) is 4.00. The first kappa shape index (κ1) is 14.4. The van der Waals surface area contributed by atoms with Gasteiger partial charge in [0.05, 0.1) is 0 Å². The number of carbonyl (C=O) groups is 1. The van der Waals surface area contributed by atoms with E-state index in [0.29, 0.717) is 6.54 Å². The average molecular weight is 253 g/mol. The summed E-state index contributed by atoms with van der Waals surface area (Å²) in [6.07, 6.45) is 5.05. The van der Waals surface area contributed by atoms with Crippen molar-refractivity contribution in [1.82, 2.24) is 4.57 Å². The molecule has 5 nitrogen and oxygen atoms in total. The Hall–Kier alpha value is -1.62. The zero-order valence-corrected chi connectivity index (χ0v) is 10.6. The van der Waals surface area contributed by atoms with Crippen LogP contribution in [0.1, 0.15) is 41.7 Å². The molecule has 2 N–H and O–H groups in total. The van der Waals surface area contributed by atoms with Crippen molar-refractivity contribution < 1.29 is 15.0 Å². The smallest absolute Gasteiger partial charge is 0.341 e. The van der Waals surface area contributed by atoms with E-state index in [9.17, 15) is 9.59 Å². The van der Waals surface area contributed by atoms with Crippen LogP contribution in [0.15, 0.2) is 17.1 Å². The SMILES string of the molecule is Cc1cc(=O)c(C(=O)O)cn1CCCCCCO. The van der Waals surface area contributed by atoms with Crippen molar-refractivity contribution in [3.05, 3.63) is 33.7 Å². The second-order valence-electron chi connectivity index (χ2n) is 4.33.